The van der Waals surface area contributed by atoms with E-state index in [-0.39, 0.29) is 293 Å². The molecule has 9 nitrogen and oxygen atoms in total. The number of nitrogens with two attached hydrogens (primary N) is 1. The van der Waals surface area contributed by atoms with Gasteiger partial charge in [0.15, 0.2) is 5.79 Å². The van der Waals surface area contributed by atoms with Gasteiger partial charge in [0, 0.05) is 49.8 Å². The van der Waals surface area contributed by atoms with E-state index in [1.54, 1.807) is 4.57 Å². The van der Waals surface area contributed by atoms with Gasteiger partial charge < -0.3 is 58.9 Å². The zero-order valence-electron chi connectivity index (χ0n) is 21.0. The molecule has 161 valence electrons. The molecule has 1 saturated carbocycles. The summed E-state index contributed by atoms with van der Waals surface area (Å²) in [7, 11) is 0.470. The Labute approximate surface area is 431 Å². The molecule has 1 aromatic carbocycles. The zero-order valence-corrected chi connectivity index (χ0v) is 45.5. The average molecular weight is 871 g/mol. The number of nitrogens with zero attached hydrogens (tertiary/aromatic N) is 4. The molecule has 0 bridgehead atoms. The third-order valence-corrected chi connectivity index (χ3v) is 7.55. The third-order valence-electron chi connectivity index (χ3n) is 5.32. The quantitative estimate of drug-likeness (QED) is 0.116. The van der Waals surface area contributed by atoms with E-state index in [9.17, 15) is 10.2 Å². The number of nitrogen functional groups attached to an aromatic ring is 1. The maximum Gasteiger partial charge on any atom is 1.00 e. The number of hydrogen-bond acceptors (Lipinski definition) is 8. The normalized spacial score (nSPS) is 19.9. The number of anilines is 1. The van der Waals surface area contributed by atoms with Crippen LogP contribution in [-0.2, 0) is 48.2 Å². The summed E-state index contributed by atoms with van der Waals surface area (Å²) in [4.78, 5) is 12.3. The van der Waals surface area contributed by atoms with Gasteiger partial charge in [0.05, 0.1) is 25.6 Å². The van der Waals surface area contributed by atoms with Gasteiger partial charge in [0.1, 0.15) is 5.95 Å². The molecule has 4 N–H and O–H groups in total. The fourth-order valence-electron chi connectivity index (χ4n) is 3.84. The maximum atomic E-state index is 11.2. The zero-order chi connectivity index (χ0) is 21.1. The molecule has 0 unspecified atom stereocenters. The van der Waals surface area contributed by atoms with E-state index >= 15 is 0 Å². The smallest absolute Gasteiger partial charge is 0.840 e. The molecule has 0 aliphatic heterocycles. The van der Waals surface area contributed by atoms with Crippen molar-refractivity contribution in [1.29, 1.82) is 0 Å². The van der Waals surface area contributed by atoms with Crippen LogP contribution in [0.25, 0.3) is 11.2 Å². The first kappa shape index (κ1) is 43.3. The number of hydrogen-bond donors (Lipinski definition) is 3. The third kappa shape index (κ3) is 11.9. The molecule has 0 saturated heterocycles. The Bertz CT molecular complexity index is 1010. The van der Waals surface area contributed by atoms with E-state index in [4.69, 9.17) is 14.6 Å². The van der Waals surface area contributed by atoms with E-state index in [0.717, 1.165) is 5.56 Å². The van der Waals surface area contributed by atoms with Crippen LogP contribution in [0.4, 0.5) is 5.95 Å². The van der Waals surface area contributed by atoms with Crippen LogP contribution in [-0.4, -0.2) is 61.7 Å². The minimum Gasteiger partial charge on any atom is -0.840 e. The number of ether oxygens (including phenoxy) is 1. The summed E-state index contributed by atoms with van der Waals surface area (Å²) < 4.78 is 13.2. The average Bonchev–Trinajstić information content (AvgIpc) is 3.25. The van der Waals surface area contributed by atoms with Crippen molar-refractivity contribution in [1.82, 2.24) is 19.5 Å². The Kier molecular flexibility index (Phi) is 27.0. The standard InChI is InChI=1S/C19H22N5O4Si2.4Rb.Y/c1-29-28-30-15-7-16(24-11-22-14-8-21-18(20)23-17(14)24)19(25,26)13(15)10-27-9-12-5-3-2-4-6-12;;;;;/h2-6,11,13,15-16,25-26H,7,9-10H2,1H3,(H2,20,21,23);;;;;/q-3;4*+1;/t13-,15+,16+;;;;;/m1...../s1. The molecule has 1 fully saturated rings. The summed E-state index contributed by atoms with van der Waals surface area (Å²) in [5, 5.41) is 22.3. The van der Waals surface area contributed by atoms with Gasteiger partial charge in [-0.25, -0.2) is 0 Å². The minimum atomic E-state index is -2.03. The summed E-state index contributed by atoms with van der Waals surface area (Å²) in [6.07, 6.45) is 4.74. The van der Waals surface area contributed by atoms with Gasteiger partial charge in [-0.05, 0) is 11.8 Å². The first-order valence-corrected chi connectivity index (χ1v) is 11.9. The van der Waals surface area contributed by atoms with Gasteiger partial charge in [0.25, 0.3) is 0 Å². The Hall–Kier alpha value is 6.17. The molecule has 2 heterocycles. The first-order valence-electron chi connectivity index (χ1n) is 9.53. The second kappa shape index (κ2) is 21.8. The Balaban J connectivity index is 0. The first-order chi connectivity index (χ1) is 14.5. The van der Waals surface area contributed by atoms with E-state index in [2.05, 4.69) is 21.1 Å². The SMILES string of the molecule is C[Si-]O[Si-][C@H]1C[C@H](n2cnc3[c-]nc(N)nc32)C(O)(O)[C@@H]1COCc1ccccc1.[Rb+].[Rb+].[Rb+].[Rb+].[Y]. The predicted octanol–water partition coefficient (Wildman–Crippen LogP) is -11.2. The molecule has 4 rings (SSSR count). The number of aromatic nitrogens is 4. The van der Waals surface area contributed by atoms with Crippen molar-refractivity contribution in [3.8, 4) is 0 Å². The molecular weight excluding hydrogens is 849 g/mol. The van der Waals surface area contributed by atoms with Crippen LogP contribution in [0.1, 0.15) is 18.0 Å². The number of rotatable bonds is 8. The van der Waals surface area contributed by atoms with Gasteiger partial charge >= 0.3 is 233 Å². The summed E-state index contributed by atoms with van der Waals surface area (Å²) in [5.41, 5.74) is 7.50. The Morgan fingerprint density at radius 1 is 1.20 bits per heavy atom. The molecule has 0 amide bonds. The summed E-state index contributed by atoms with van der Waals surface area (Å²) in [5.74, 6) is -2.50. The predicted molar refractivity (Wildman–Crippen MR) is 111 cm³/mol. The molecule has 3 atom stereocenters. The van der Waals surface area contributed by atoms with Gasteiger partial charge in [0.2, 0.25) is 0 Å². The second-order valence-corrected chi connectivity index (χ2v) is 9.39. The maximum absolute atomic E-state index is 11.2. The van der Waals surface area contributed by atoms with Crippen molar-refractivity contribution < 1.29 is 285 Å². The Morgan fingerprint density at radius 3 is 2.54 bits per heavy atom. The van der Waals surface area contributed by atoms with Gasteiger partial charge in [-0.2, -0.15) is 12.1 Å². The molecule has 2 aromatic heterocycles. The van der Waals surface area contributed by atoms with Gasteiger partial charge in [-0.3, -0.25) is 4.98 Å². The summed E-state index contributed by atoms with van der Waals surface area (Å²) in [6, 6.07) is 9.11. The Morgan fingerprint density at radius 2 is 1.89 bits per heavy atom. The molecule has 3 radical (unpaired) electrons. The molecule has 3 aromatic rings. The summed E-state index contributed by atoms with van der Waals surface area (Å²) >= 11 is 0. The molecule has 0 spiro atoms. The molecule has 1 aliphatic rings. The van der Waals surface area contributed by atoms with Crippen LogP contribution in [0.15, 0.2) is 36.7 Å². The van der Waals surface area contributed by atoms with Crippen molar-refractivity contribution in [2.45, 2.75) is 36.9 Å². The van der Waals surface area contributed by atoms with Crippen molar-refractivity contribution in [2.75, 3.05) is 12.3 Å². The number of fused-ring (bicyclic) bond motifs is 1. The topological polar surface area (TPSA) is 129 Å². The monoisotopic (exact) mass is 869 g/mol. The molecular formula is C19H22N5O4Rb4Si2Y+. The van der Waals surface area contributed by atoms with Crippen molar-refractivity contribution in [3.63, 3.8) is 0 Å². The number of aliphatic hydroxyl groups is 2. The van der Waals surface area contributed by atoms with E-state index in [0.29, 0.717) is 34.0 Å². The molecule has 1 aliphatic carbocycles. The largest absolute Gasteiger partial charge is 1.00 e. The van der Waals surface area contributed by atoms with Gasteiger partial charge in [-0.1, -0.05) is 36.8 Å². The molecule has 16 heteroatoms. The van der Waals surface area contributed by atoms with Crippen LogP contribution in [0, 0.1) is 12.1 Å². The van der Waals surface area contributed by atoms with E-state index in [1.807, 2.05) is 36.9 Å². The van der Waals surface area contributed by atoms with Crippen molar-refractivity contribution in [3.05, 3.63) is 48.4 Å². The fourth-order valence-corrected chi connectivity index (χ4v) is 5.74. The van der Waals surface area contributed by atoms with Crippen LogP contribution in [0.3, 0.4) is 0 Å². The fraction of sp³-hybridized carbons (Fsp3) is 0.421. The van der Waals surface area contributed by atoms with Crippen LogP contribution >= 0.6 is 0 Å². The van der Waals surface area contributed by atoms with Crippen molar-refractivity contribution in [2.24, 2.45) is 5.92 Å². The second-order valence-electron chi connectivity index (χ2n) is 7.19. The van der Waals surface area contributed by atoms with Crippen molar-refractivity contribution >= 4 is 36.6 Å². The van der Waals surface area contributed by atoms with Gasteiger partial charge in [-0.15, -0.1) is 0 Å². The van der Waals surface area contributed by atoms with Crippen LogP contribution < -0.4 is 238 Å². The van der Waals surface area contributed by atoms with Crippen LogP contribution in [0.5, 0.6) is 0 Å². The molecule has 35 heavy (non-hydrogen) atoms. The number of benzene rings is 1. The minimum absolute atomic E-state index is 0. The number of imidazole rings is 1. The summed E-state index contributed by atoms with van der Waals surface area (Å²) in [6.45, 7) is 2.55. The van der Waals surface area contributed by atoms with E-state index in [1.165, 1.54) is 6.33 Å². The van der Waals surface area contributed by atoms with E-state index < -0.39 is 17.7 Å². The van der Waals surface area contributed by atoms with Crippen LogP contribution in [0.2, 0.25) is 12.1 Å².